The molecule has 0 aromatic carbocycles. The highest BCUT2D eigenvalue weighted by Crippen LogP contribution is 2.66. The van der Waals surface area contributed by atoms with Crippen LogP contribution in [0.2, 0.25) is 0 Å². The monoisotopic (exact) mass is 216 g/mol. The van der Waals surface area contributed by atoms with Gasteiger partial charge in [-0.05, 0) is 75.0 Å². The minimum Gasteiger partial charge on any atom is -0.0911 e. The molecule has 4 bridgehead atoms. The quantitative estimate of drug-likeness (QED) is 0.586. The van der Waals surface area contributed by atoms with Crippen LogP contribution in [0.3, 0.4) is 0 Å². The molecule has 16 heavy (non-hydrogen) atoms. The van der Waals surface area contributed by atoms with Crippen LogP contribution in [0, 0.1) is 22.7 Å². The highest BCUT2D eigenvalue weighted by atomic mass is 14.6. The molecule has 0 aromatic heterocycles. The van der Waals surface area contributed by atoms with E-state index in [4.69, 9.17) is 0 Å². The summed E-state index contributed by atoms with van der Waals surface area (Å²) >= 11 is 0. The molecule has 4 rings (SSSR count). The molecular weight excluding hydrogens is 192 g/mol. The Morgan fingerprint density at radius 1 is 0.812 bits per heavy atom. The fourth-order valence-corrected chi connectivity index (χ4v) is 5.50. The Balaban J connectivity index is 1.96. The number of rotatable bonds is 2. The Hall–Kier alpha value is -0.520. The molecule has 0 amide bonds. The molecule has 0 saturated heterocycles. The average molecular weight is 216 g/mol. The molecule has 4 aliphatic carbocycles. The van der Waals surface area contributed by atoms with E-state index >= 15 is 0 Å². The highest BCUT2D eigenvalue weighted by molar-refractivity contribution is 5.18. The third-order valence-electron chi connectivity index (χ3n) is 5.19. The summed E-state index contributed by atoms with van der Waals surface area (Å²) in [6.07, 6.45) is 18.6. The van der Waals surface area contributed by atoms with Crippen LogP contribution in [0.15, 0.2) is 24.3 Å². The van der Waals surface area contributed by atoms with Crippen molar-refractivity contribution in [2.24, 2.45) is 22.7 Å². The van der Waals surface area contributed by atoms with Gasteiger partial charge < -0.3 is 0 Å². The molecule has 4 saturated carbocycles. The van der Waals surface area contributed by atoms with Crippen molar-refractivity contribution in [3.8, 4) is 0 Å². The van der Waals surface area contributed by atoms with Gasteiger partial charge in [-0.3, -0.25) is 0 Å². The van der Waals surface area contributed by atoms with Crippen LogP contribution in [0.4, 0.5) is 0 Å². The van der Waals surface area contributed by atoms with Crippen molar-refractivity contribution in [2.45, 2.75) is 52.4 Å². The van der Waals surface area contributed by atoms with Crippen LogP contribution in [-0.2, 0) is 0 Å². The van der Waals surface area contributed by atoms with E-state index in [1.807, 2.05) is 0 Å². The van der Waals surface area contributed by atoms with Crippen molar-refractivity contribution >= 4 is 0 Å². The van der Waals surface area contributed by atoms with Gasteiger partial charge in [0.1, 0.15) is 0 Å². The Kier molecular flexibility index (Phi) is 2.31. The lowest BCUT2D eigenvalue weighted by Crippen LogP contribution is -2.50. The topological polar surface area (TPSA) is 0 Å². The van der Waals surface area contributed by atoms with Crippen LogP contribution < -0.4 is 0 Å². The van der Waals surface area contributed by atoms with E-state index in [0.29, 0.717) is 10.8 Å². The molecule has 0 N–H and O–H groups in total. The molecule has 88 valence electrons. The second-order valence-electron chi connectivity index (χ2n) is 6.69. The summed E-state index contributed by atoms with van der Waals surface area (Å²) in [6, 6.07) is 0. The van der Waals surface area contributed by atoms with Crippen molar-refractivity contribution in [2.75, 3.05) is 0 Å². The van der Waals surface area contributed by atoms with Gasteiger partial charge in [-0.2, -0.15) is 0 Å². The van der Waals surface area contributed by atoms with E-state index in [-0.39, 0.29) is 0 Å². The van der Waals surface area contributed by atoms with Crippen LogP contribution in [-0.4, -0.2) is 0 Å². The maximum absolute atomic E-state index is 2.54. The predicted molar refractivity (Wildman–Crippen MR) is 69.2 cm³/mol. The molecule has 0 spiro atoms. The first-order valence-electron chi connectivity index (χ1n) is 6.97. The minimum absolute atomic E-state index is 0.582. The maximum atomic E-state index is 2.54. The second-order valence-corrected chi connectivity index (χ2v) is 6.69. The first-order valence-corrected chi connectivity index (χ1v) is 6.97. The Labute approximate surface area is 99.8 Å². The summed E-state index contributed by atoms with van der Waals surface area (Å²) in [5.74, 6) is 2.04. The SMILES string of the molecule is C/C=C\C12CC3CC(C1)CC(/C=C\C)(C3)C2. The first-order chi connectivity index (χ1) is 7.69. The number of hydrogen-bond donors (Lipinski definition) is 0. The van der Waals surface area contributed by atoms with Crippen molar-refractivity contribution in [3.63, 3.8) is 0 Å². The maximum Gasteiger partial charge on any atom is -0.0105 e. The van der Waals surface area contributed by atoms with Gasteiger partial charge in [0.25, 0.3) is 0 Å². The highest BCUT2D eigenvalue weighted by Gasteiger charge is 2.55. The fraction of sp³-hybridized carbons (Fsp3) is 0.750. The van der Waals surface area contributed by atoms with E-state index in [0.717, 1.165) is 11.8 Å². The minimum atomic E-state index is 0.582. The van der Waals surface area contributed by atoms with Gasteiger partial charge in [0, 0.05) is 0 Å². The summed E-state index contributed by atoms with van der Waals surface area (Å²) < 4.78 is 0. The van der Waals surface area contributed by atoms with Crippen molar-refractivity contribution in [3.05, 3.63) is 24.3 Å². The van der Waals surface area contributed by atoms with E-state index < -0.39 is 0 Å². The van der Waals surface area contributed by atoms with Gasteiger partial charge in [-0.15, -0.1) is 0 Å². The lowest BCUT2D eigenvalue weighted by atomic mass is 9.44. The first kappa shape index (κ1) is 10.6. The number of allylic oxidation sites excluding steroid dienone is 4. The number of hydrogen-bond acceptors (Lipinski definition) is 0. The summed E-state index contributed by atoms with van der Waals surface area (Å²) in [6.45, 7) is 4.39. The third-order valence-corrected chi connectivity index (χ3v) is 5.19. The molecule has 0 heterocycles. The Morgan fingerprint density at radius 3 is 1.62 bits per heavy atom. The molecule has 0 nitrogen and oxygen atoms in total. The predicted octanol–water partition coefficient (Wildman–Crippen LogP) is 4.73. The van der Waals surface area contributed by atoms with E-state index in [1.165, 1.54) is 38.5 Å². The van der Waals surface area contributed by atoms with Crippen LogP contribution in [0.1, 0.15) is 52.4 Å². The van der Waals surface area contributed by atoms with Gasteiger partial charge in [-0.25, -0.2) is 0 Å². The lowest BCUT2D eigenvalue weighted by Gasteiger charge is -2.61. The zero-order valence-corrected chi connectivity index (χ0v) is 10.7. The van der Waals surface area contributed by atoms with Crippen molar-refractivity contribution in [1.29, 1.82) is 0 Å². The standard InChI is InChI=1S/C16H24/c1-3-5-15-8-13-7-14(9-15)11-16(10-13,12-15)6-4-2/h3-6,13-14H,7-12H2,1-2H3/b5-3-,6-4-. The average Bonchev–Trinajstić information content (AvgIpc) is 2.14. The largest absolute Gasteiger partial charge is 0.0911 e. The fourth-order valence-electron chi connectivity index (χ4n) is 5.50. The molecule has 0 heteroatoms. The van der Waals surface area contributed by atoms with E-state index in [1.54, 1.807) is 0 Å². The van der Waals surface area contributed by atoms with Crippen molar-refractivity contribution in [1.82, 2.24) is 0 Å². The molecule has 4 fully saturated rings. The molecule has 0 radical (unpaired) electrons. The molecule has 0 atom stereocenters. The van der Waals surface area contributed by atoms with E-state index in [9.17, 15) is 0 Å². The Bertz CT molecular complexity index is 290. The summed E-state index contributed by atoms with van der Waals surface area (Å²) in [4.78, 5) is 0. The van der Waals surface area contributed by atoms with Crippen LogP contribution in [0.25, 0.3) is 0 Å². The summed E-state index contributed by atoms with van der Waals surface area (Å²) in [5, 5.41) is 0. The van der Waals surface area contributed by atoms with Crippen molar-refractivity contribution < 1.29 is 0 Å². The smallest absolute Gasteiger partial charge is 0.0105 e. The third kappa shape index (κ3) is 1.49. The molecule has 0 aromatic rings. The molecule has 0 unspecified atom stereocenters. The normalized spacial score (nSPS) is 50.9. The van der Waals surface area contributed by atoms with Gasteiger partial charge >= 0.3 is 0 Å². The van der Waals surface area contributed by atoms with Crippen LogP contribution in [0.5, 0.6) is 0 Å². The molecule has 4 aliphatic rings. The Morgan fingerprint density at radius 2 is 1.25 bits per heavy atom. The van der Waals surface area contributed by atoms with Gasteiger partial charge in [0.15, 0.2) is 0 Å². The molecule has 0 aliphatic heterocycles. The summed E-state index contributed by atoms with van der Waals surface area (Å²) in [7, 11) is 0. The van der Waals surface area contributed by atoms with Gasteiger partial charge in [0.05, 0.1) is 0 Å². The van der Waals surface area contributed by atoms with Gasteiger partial charge in [0.2, 0.25) is 0 Å². The van der Waals surface area contributed by atoms with E-state index in [2.05, 4.69) is 38.2 Å². The van der Waals surface area contributed by atoms with Crippen LogP contribution >= 0.6 is 0 Å². The zero-order chi connectivity index (χ0) is 11.2. The second kappa shape index (κ2) is 3.48. The zero-order valence-electron chi connectivity index (χ0n) is 10.7. The lowest BCUT2D eigenvalue weighted by molar-refractivity contribution is -0.0623. The van der Waals surface area contributed by atoms with Gasteiger partial charge in [-0.1, -0.05) is 24.3 Å². The molecular formula is C16H24. The summed E-state index contributed by atoms with van der Waals surface area (Å²) in [5.41, 5.74) is 1.16.